The quantitative estimate of drug-likeness (QED) is 0.867. The fourth-order valence-electron chi connectivity index (χ4n) is 1.19. The molecule has 0 aliphatic rings. The number of carbonyl (C=O) groups is 2. The van der Waals surface area contributed by atoms with Crippen LogP contribution in [-0.2, 0) is 9.53 Å². The van der Waals surface area contributed by atoms with Gasteiger partial charge in [-0.05, 0) is 38.1 Å². The monoisotopic (exact) mass is 299 g/mol. The van der Waals surface area contributed by atoms with Crippen molar-refractivity contribution in [3.05, 3.63) is 34.3 Å². The first-order valence-electron chi connectivity index (χ1n) is 5.29. The summed E-state index contributed by atoms with van der Waals surface area (Å²) < 4.78 is 5.90. The van der Waals surface area contributed by atoms with E-state index in [2.05, 4.69) is 21.2 Å². The molecule has 0 bridgehead atoms. The highest BCUT2D eigenvalue weighted by Crippen LogP contribution is 2.11. The van der Waals surface area contributed by atoms with Gasteiger partial charge in [0.05, 0.1) is 5.56 Å². The van der Waals surface area contributed by atoms with E-state index < -0.39 is 12.1 Å². The van der Waals surface area contributed by atoms with Gasteiger partial charge in [-0.2, -0.15) is 0 Å². The van der Waals surface area contributed by atoms with E-state index >= 15 is 0 Å². The molecule has 0 unspecified atom stereocenters. The van der Waals surface area contributed by atoms with E-state index in [0.717, 1.165) is 4.47 Å². The zero-order valence-corrected chi connectivity index (χ0v) is 11.3. The van der Waals surface area contributed by atoms with Crippen molar-refractivity contribution in [2.75, 3.05) is 6.54 Å². The maximum atomic E-state index is 11.7. The molecule has 1 amide bonds. The van der Waals surface area contributed by atoms with Crippen LogP contribution >= 0.6 is 15.9 Å². The Morgan fingerprint density at radius 2 is 1.94 bits per heavy atom. The maximum absolute atomic E-state index is 11.7. The lowest BCUT2D eigenvalue weighted by Gasteiger charge is -2.12. The molecule has 0 spiro atoms. The van der Waals surface area contributed by atoms with E-state index in [9.17, 15) is 9.59 Å². The molecule has 92 valence electrons. The van der Waals surface area contributed by atoms with E-state index in [4.69, 9.17) is 4.74 Å². The number of benzene rings is 1. The molecule has 0 heterocycles. The lowest BCUT2D eigenvalue weighted by Crippen LogP contribution is -2.35. The summed E-state index contributed by atoms with van der Waals surface area (Å²) in [5.41, 5.74) is 0.421. The molecule has 17 heavy (non-hydrogen) atoms. The highest BCUT2D eigenvalue weighted by atomic mass is 79.9. The number of likely N-dealkylation sites (N-methyl/N-ethyl adjacent to an activating group) is 1. The van der Waals surface area contributed by atoms with Crippen molar-refractivity contribution in [2.24, 2.45) is 0 Å². The summed E-state index contributed by atoms with van der Waals surface area (Å²) in [6, 6.07) is 6.76. The van der Waals surface area contributed by atoms with Crippen LogP contribution in [0.15, 0.2) is 28.7 Å². The number of nitrogens with one attached hydrogen (secondary N) is 1. The molecular formula is C12H14BrNO3. The van der Waals surface area contributed by atoms with Crippen molar-refractivity contribution in [3.8, 4) is 0 Å². The number of rotatable bonds is 4. The predicted molar refractivity (Wildman–Crippen MR) is 67.7 cm³/mol. The first-order chi connectivity index (χ1) is 8.04. The largest absolute Gasteiger partial charge is 0.449 e. The van der Waals surface area contributed by atoms with Gasteiger partial charge < -0.3 is 10.1 Å². The Labute approximate surface area is 108 Å². The van der Waals surface area contributed by atoms with Gasteiger partial charge in [-0.15, -0.1) is 0 Å². The van der Waals surface area contributed by atoms with E-state index in [1.165, 1.54) is 0 Å². The van der Waals surface area contributed by atoms with E-state index in [-0.39, 0.29) is 5.91 Å². The van der Waals surface area contributed by atoms with Crippen LogP contribution in [0.25, 0.3) is 0 Å². The van der Waals surface area contributed by atoms with Crippen LogP contribution in [-0.4, -0.2) is 24.5 Å². The second-order valence-corrected chi connectivity index (χ2v) is 4.36. The zero-order valence-electron chi connectivity index (χ0n) is 9.70. The SMILES string of the molecule is CCNC(=O)[C@@H](C)OC(=O)c1ccc(Br)cc1. The number of hydrogen-bond acceptors (Lipinski definition) is 3. The van der Waals surface area contributed by atoms with Crippen LogP contribution in [0.5, 0.6) is 0 Å². The molecule has 0 saturated heterocycles. The van der Waals surface area contributed by atoms with Gasteiger partial charge in [-0.1, -0.05) is 15.9 Å². The first-order valence-corrected chi connectivity index (χ1v) is 6.08. The minimum Gasteiger partial charge on any atom is -0.449 e. The third-order valence-electron chi connectivity index (χ3n) is 2.08. The van der Waals surface area contributed by atoms with Crippen LogP contribution in [0.3, 0.4) is 0 Å². The Kier molecular flexibility index (Phi) is 5.15. The standard InChI is InChI=1S/C12H14BrNO3/c1-3-14-11(15)8(2)17-12(16)9-4-6-10(13)7-5-9/h4-8H,3H2,1-2H3,(H,14,15)/t8-/m1/s1. The summed E-state index contributed by atoms with van der Waals surface area (Å²) in [6.07, 6.45) is -0.786. The smallest absolute Gasteiger partial charge is 0.338 e. The highest BCUT2D eigenvalue weighted by molar-refractivity contribution is 9.10. The number of esters is 1. The van der Waals surface area contributed by atoms with Crippen molar-refractivity contribution in [1.29, 1.82) is 0 Å². The number of ether oxygens (including phenoxy) is 1. The molecule has 0 fully saturated rings. The Hall–Kier alpha value is -1.36. The lowest BCUT2D eigenvalue weighted by molar-refractivity contribution is -0.128. The molecule has 0 radical (unpaired) electrons. The normalized spacial score (nSPS) is 11.7. The molecule has 5 heteroatoms. The zero-order chi connectivity index (χ0) is 12.8. The summed E-state index contributed by atoms with van der Waals surface area (Å²) in [5, 5.41) is 2.59. The molecule has 1 N–H and O–H groups in total. The molecule has 4 nitrogen and oxygen atoms in total. The van der Waals surface area contributed by atoms with E-state index in [1.54, 1.807) is 38.1 Å². The molecule has 0 aliphatic carbocycles. The van der Waals surface area contributed by atoms with Crippen LogP contribution in [0.2, 0.25) is 0 Å². The maximum Gasteiger partial charge on any atom is 0.338 e. The van der Waals surface area contributed by atoms with E-state index in [1.807, 2.05) is 0 Å². The highest BCUT2D eigenvalue weighted by Gasteiger charge is 2.17. The molecule has 0 saturated carbocycles. The fraction of sp³-hybridized carbons (Fsp3) is 0.333. The summed E-state index contributed by atoms with van der Waals surface area (Å²) >= 11 is 3.27. The molecule has 0 aliphatic heterocycles. The summed E-state index contributed by atoms with van der Waals surface area (Å²) in [5.74, 6) is -0.797. The number of halogens is 1. The Morgan fingerprint density at radius 1 is 1.35 bits per heavy atom. The van der Waals surface area contributed by atoms with Crippen LogP contribution < -0.4 is 5.32 Å². The first kappa shape index (κ1) is 13.7. The topological polar surface area (TPSA) is 55.4 Å². The number of amides is 1. The van der Waals surface area contributed by atoms with Crippen molar-refractivity contribution in [1.82, 2.24) is 5.32 Å². The fourth-order valence-corrected chi connectivity index (χ4v) is 1.45. The molecule has 1 rings (SSSR count). The van der Waals surface area contributed by atoms with Gasteiger partial charge in [-0.3, -0.25) is 4.79 Å². The third kappa shape index (κ3) is 4.19. The van der Waals surface area contributed by atoms with Crippen molar-refractivity contribution >= 4 is 27.8 Å². The average molecular weight is 300 g/mol. The number of hydrogen-bond donors (Lipinski definition) is 1. The van der Waals surface area contributed by atoms with Crippen LogP contribution in [0.4, 0.5) is 0 Å². The van der Waals surface area contributed by atoms with Crippen LogP contribution in [0.1, 0.15) is 24.2 Å². The molecule has 1 atom stereocenters. The Morgan fingerprint density at radius 3 is 2.47 bits per heavy atom. The van der Waals surface area contributed by atoms with Crippen LogP contribution in [0, 0.1) is 0 Å². The second kappa shape index (κ2) is 6.39. The second-order valence-electron chi connectivity index (χ2n) is 3.45. The third-order valence-corrected chi connectivity index (χ3v) is 2.61. The molecule has 0 aromatic heterocycles. The van der Waals surface area contributed by atoms with Crippen molar-refractivity contribution in [2.45, 2.75) is 20.0 Å². The summed E-state index contributed by atoms with van der Waals surface area (Å²) in [7, 11) is 0. The molecular weight excluding hydrogens is 286 g/mol. The summed E-state index contributed by atoms with van der Waals surface area (Å²) in [6.45, 7) is 3.86. The predicted octanol–water partition coefficient (Wildman–Crippen LogP) is 2.13. The average Bonchev–Trinajstić information content (AvgIpc) is 2.30. The van der Waals surface area contributed by atoms with Crippen molar-refractivity contribution < 1.29 is 14.3 Å². The molecule has 1 aromatic rings. The Bertz CT molecular complexity index is 403. The summed E-state index contributed by atoms with van der Waals surface area (Å²) in [4.78, 5) is 23.0. The molecule has 1 aromatic carbocycles. The Balaban J connectivity index is 2.60. The minimum atomic E-state index is -0.786. The van der Waals surface area contributed by atoms with Gasteiger partial charge in [0.25, 0.3) is 5.91 Å². The van der Waals surface area contributed by atoms with Gasteiger partial charge in [0.15, 0.2) is 6.10 Å². The van der Waals surface area contributed by atoms with E-state index in [0.29, 0.717) is 12.1 Å². The number of carbonyl (C=O) groups excluding carboxylic acids is 2. The minimum absolute atomic E-state index is 0.294. The van der Waals surface area contributed by atoms with Gasteiger partial charge in [0.2, 0.25) is 0 Å². The van der Waals surface area contributed by atoms with Gasteiger partial charge in [0, 0.05) is 11.0 Å². The van der Waals surface area contributed by atoms with Crippen molar-refractivity contribution in [3.63, 3.8) is 0 Å². The van der Waals surface area contributed by atoms with Gasteiger partial charge in [0.1, 0.15) is 0 Å². The van der Waals surface area contributed by atoms with Gasteiger partial charge in [-0.25, -0.2) is 4.79 Å². The lowest BCUT2D eigenvalue weighted by atomic mass is 10.2. The van der Waals surface area contributed by atoms with Gasteiger partial charge >= 0.3 is 5.97 Å².